The van der Waals surface area contributed by atoms with E-state index in [0.717, 1.165) is 35.0 Å². The number of aromatic nitrogens is 2. The van der Waals surface area contributed by atoms with E-state index in [-0.39, 0.29) is 5.78 Å². The lowest BCUT2D eigenvalue weighted by Crippen LogP contribution is -2.02. The number of H-pyrrole nitrogens is 1. The first kappa shape index (κ1) is 9.33. The molecular formula is C13H12N2O. The molecule has 3 heteroatoms. The number of aromatic amines is 1. The molecule has 1 N–H and O–H groups in total. The standard InChI is InChI=1S/C13H12N2O/c16-10-3-1-2-9(8-10)11-4-6-14-13-12(11)5-7-15-13/h4-8H,1-3H2,(H,14,15). The summed E-state index contributed by atoms with van der Waals surface area (Å²) in [7, 11) is 0. The highest BCUT2D eigenvalue weighted by molar-refractivity contribution is 6.01. The van der Waals surface area contributed by atoms with E-state index in [1.54, 1.807) is 12.3 Å². The van der Waals surface area contributed by atoms with Crippen LogP contribution in [0.5, 0.6) is 0 Å². The van der Waals surface area contributed by atoms with Gasteiger partial charge in [-0.2, -0.15) is 0 Å². The van der Waals surface area contributed by atoms with Crippen LogP contribution in [-0.4, -0.2) is 15.8 Å². The largest absolute Gasteiger partial charge is 0.346 e. The monoisotopic (exact) mass is 212 g/mol. The minimum Gasteiger partial charge on any atom is -0.346 e. The normalized spacial score (nSPS) is 16.5. The molecule has 0 aromatic carbocycles. The Morgan fingerprint density at radius 1 is 1.25 bits per heavy atom. The molecule has 0 aliphatic heterocycles. The summed E-state index contributed by atoms with van der Waals surface area (Å²) in [5, 5.41) is 1.10. The third-order valence-electron chi connectivity index (χ3n) is 3.01. The topological polar surface area (TPSA) is 45.8 Å². The second kappa shape index (κ2) is 3.59. The molecule has 0 bridgehead atoms. The first-order chi connectivity index (χ1) is 7.84. The average Bonchev–Trinajstić information content (AvgIpc) is 2.76. The van der Waals surface area contributed by atoms with E-state index in [1.807, 2.05) is 18.3 Å². The molecule has 1 aliphatic carbocycles. The molecule has 0 radical (unpaired) electrons. The number of carbonyl (C=O) groups excluding carboxylic acids is 1. The summed E-state index contributed by atoms with van der Waals surface area (Å²) in [4.78, 5) is 18.8. The third-order valence-corrected chi connectivity index (χ3v) is 3.01. The Kier molecular flexibility index (Phi) is 2.10. The van der Waals surface area contributed by atoms with Crippen molar-refractivity contribution in [3.8, 4) is 0 Å². The number of hydrogen-bond acceptors (Lipinski definition) is 2. The Bertz CT molecular complexity index is 580. The molecule has 0 fully saturated rings. The number of fused-ring (bicyclic) bond motifs is 1. The number of pyridine rings is 1. The zero-order valence-corrected chi connectivity index (χ0v) is 8.86. The van der Waals surface area contributed by atoms with E-state index in [2.05, 4.69) is 9.97 Å². The number of nitrogens with one attached hydrogen (secondary N) is 1. The van der Waals surface area contributed by atoms with Crippen molar-refractivity contribution in [2.45, 2.75) is 19.3 Å². The van der Waals surface area contributed by atoms with Crippen molar-refractivity contribution >= 4 is 22.4 Å². The van der Waals surface area contributed by atoms with Gasteiger partial charge in [0, 0.05) is 24.2 Å². The van der Waals surface area contributed by atoms with Crippen molar-refractivity contribution in [1.82, 2.24) is 9.97 Å². The van der Waals surface area contributed by atoms with Crippen LogP contribution in [0.15, 0.2) is 30.6 Å². The van der Waals surface area contributed by atoms with Crippen LogP contribution in [0.25, 0.3) is 16.6 Å². The second-order valence-electron chi connectivity index (χ2n) is 4.09. The first-order valence-electron chi connectivity index (χ1n) is 5.50. The van der Waals surface area contributed by atoms with Crippen molar-refractivity contribution in [1.29, 1.82) is 0 Å². The lowest BCUT2D eigenvalue weighted by molar-refractivity contribution is -0.114. The van der Waals surface area contributed by atoms with Crippen molar-refractivity contribution in [2.75, 3.05) is 0 Å². The number of ketones is 1. The van der Waals surface area contributed by atoms with Crippen LogP contribution in [0.2, 0.25) is 0 Å². The zero-order chi connectivity index (χ0) is 11.0. The van der Waals surface area contributed by atoms with Gasteiger partial charge in [-0.05, 0) is 42.2 Å². The number of allylic oxidation sites excluding steroid dienone is 2. The SMILES string of the molecule is O=C1C=C(c2ccnc3[nH]ccc23)CCC1. The molecule has 16 heavy (non-hydrogen) atoms. The Morgan fingerprint density at radius 3 is 3.06 bits per heavy atom. The average molecular weight is 212 g/mol. The van der Waals surface area contributed by atoms with Gasteiger partial charge >= 0.3 is 0 Å². The van der Waals surface area contributed by atoms with Gasteiger partial charge in [-0.1, -0.05) is 0 Å². The van der Waals surface area contributed by atoms with Crippen molar-refractivity contribution in [3.05, 3.63) is 36.2 Å². The molecule has 0 saturated carbocycles. The highest BCUT2D eigenvalue weighted by Crippen LogP contribution is 2.29. The van der Waals surface area contributed by atoms with Crippen molar-refractivity contribution < 1.29 is 4.79 Å². The van der Waals surface area contributed by atoms with Crippen LogP contribution in [0, 0.1) is 0 Å². The van der Waals surface area contributed by atoms with Gasteiger partial charge in [-0.15, -0.1) is 0 Å². The summed E-state index contributed by atoms with van der Waals surface area (Å²) in [6.07, 6.45) is 8.07. The third kappa shape index (κ3) is 1.45. The number of hydrogen-bond donors (Lipinski definition) is 1. The molecule has 3 rings (SSSR count). The van der Waals surface area contributed by atoms with Crippen LogP contribution in [0.1, 0.15) is 24.8 Å². The molecule has 0 amide bonds. The van der Waals surface area contributed by atoms with Gasteiger partial charge in [-0.3, -0.25) is 4.79 Å². The molecule has 0 unspecified atom stereocenters. The summed E-state index contributed by atoms with van der Waals surface area (Å²) >= 11 is 0. The van der Waals surface area contributed by atoms with Gasteiger partial charge in [0.15, 0.2) is 5.78 Å². The van der Waals surface area contributed by atoms with Gasteiger partial charge in [0.1, 0.15) is 5.65 Å². The molecule has 0 spiro atoms. The van der Waals surface area contributed by atoms with Crippen LogP contribution in [0.4, 0.5) is 0 Å². The molecule has 2 heterocycles. The Labute approximate surface area is 93.2 Å². The Morgan fingerprint density at radius 2 is 2.19 bits per heavy atom. The summed E-state index contributed by atoms with van der Waals surface area (Å²) in [5.74, 6) is 0.238. The van der Waals surface area contributed by atoms with Crippen molar-refractivity contribution in [2.24, 2.45) is 0 Å². The minimum absolute atomic E-state index is 0.238. The lowest BCUT2D eigenvalue weighted by Gasteiger charge is -2.12. The second-order valence-corrected chi connectivity index (χ2v) is 4.09. The summed E-state index contributed by atoms with van der Waals surface area (Å²) in [5.41, 5.74) is 3.17. The maximum Gasteiger partial charge on any atom is 0.155 e. The molecule has 0 atom stereocenters. The highest BCUT2D eigenvalue weighted by atomic mass is 16.1. The number of rotatable bonds is 1. The summed E-state index contributed by atoms with van der Waals surface area (Å²) in [6.45, 7) is 0. The first-order valence-corrected chi connectivity index (χ1v) is 5.50. The molecule has 3 nitrogen and oxygen atoms in total. The Balaban J connectivity index is 2.18. The van der Waals surface area contributed by atoms with Gasteiger partial charge < -0.3 is 4.98 Å². The lowest BCUT2D eigenvalue weighted by atomic mass is 9.92. The number of nitrogens with zero attached hydrogens (tertiary/aromatic N) is 1. The fourth-order valence-corrected chi connectivity index (χ4v) is 2.25. The fourth-order valence-electron chi connectivity index (χ4n) is 2.25. The van der Waals surface area contributed by atoms with E-state index in [0.29, 0.717) is 6.42 Å². The van der Waals surface area contributed by atoms with Gasteiger partial charge in [0.25, 0.3) is 0 Å². The van der Waals surface area contributed by atoms with Crippen LogP contribution >= 0.6 is 0 Å². The zero-order valence-electron chi connectivity index (χ0n) is 8.86. The molecule has 0 saturated heterocycles. The molecule has 2 aromatic rings. The van der Waals surface area contributed by atoms with E-state index >= 15 is 0 Å². The number of carbonyl (C=O) groups is 1. The highest BCUT2D eigenvalue weighted by Gasteiger charge is 2.13. The maximum atomic E-state index is 11.4. The van der Waals surface area contributed by atoms with Gasteiger partial charge in [0.2, 0.25) is 0 Å². The van der Waals surface area contributed by atoms with Gasteiger partial charge in [-0.25, -0.2) is 4.98 Å². The molecular weight excluding hydrogens is 200 g/mol. The summed E-state index contributed by atoms with van der Waals surface area (Å²) in [6, 6.07) is 4.00. The molecule has 2 aromatic heterocycles. The predicted octanol–water partition coefficient (Wildman–Crippen LogP) is 2.70. The van der Waals surface area contributed by atoms with Crippen LogP contribution in [-0.2, 0) is 4.79 Å². The quantitative estimate of drug-likeness (QED) is 0.789. The van der Waals surface area contributed by atoms with E-state index in [1.165, 1.54) is 0 Å². The molecule has 80 valence electrons. The predicted molar refractivity (Wildman–Crippen MR) is 62.9 cm³/mol. The van der Waals surface area contributed by atoms with Gasteiger partial charge in [0.05, 0.1) is 0 Å². The molecule has 1 aliphatic rings. The smallest absolute Gasteiger partial charge is 0.155 e. The summed E-state index contributed by atoms with van der Waals surface area (Å²) < 4.78 is 0. The fraction of sp³-hybridized carbons (Fsp3) is 0.231. The van der Waals surface area contributed by atoms with E-state index in [9.17, 15) is 4.79 Å². The minimum atomic E-state index is 0.238. The van der Waals surface area contributed by atoms with E-state index in [4.69, 9.17) is 0 Å². The van der Waals surface area contributed by atoms with E-state index < -0.39 is 0 Å². The Hall–Kier alpha value is -1.90. The van der Waals surface area contributed by atoms with Crippen LogP contribution < -0.4 is 0 Å². The maximum absolute atomic E-state index is 11.4. The van der Waals surface area contributed by atoms with Crippen LogP contribution in [0.3, 0.4) is 0 Å². The van der Waals surface area contributed by atoms with Crippen molar-refractivity contribution in [3.63, 3.8) is 0 Å².